The van der Waals surface area contributed by atoms with Crippen molar-refractivity contribution in [1.82, 2.24) is 0 Å². The lowest BCUT2D eigenvalue weighted by molar-refractivity contribution is -0.164. The summed E-state index contributed by atoms with van der Waals surface area (Å²) in [6.07, 6.45) is 4.42. The summed E-state index contributed by atoms with van der Waals surface area (Å²) in [5, 5.41) is 0. The highest BCUT2D eigenvalue weighted by Gasteiger charge is 2.44. The second-order valence-corrected chi connectivity index (χ2v) is 8.43. The minimum Gasteiger partial charge on any atom is -0.380 e. The third-order valence-corrected chi connectivity index (χ3v) is 6.63. The van der Waals surface area contributed by atoms with E-state index in [0.29, 0.717) is 5.41 Å². The fourth-order valence-electron chi connectivity index (χ4n) is 4.08. The number of hydrogen-bond donors (Lipinski definition) is 0. The smallest absolute Gasteiger partial charge is 0.0549 e. The molecule has 1 saturated carbocycles. The molecule has 0 aromatic heterocycles. The molecule has 1 aliphatic heterocycles. The van der Waals surface area contributed by atoms with E-state index in [9.17, 15) is 0 Å². The first-order valence-corrected chi connectivity index (χ1v) is 8.77. The van der Waals surface area contributed by atoms with Gasteiger partial charge in [-0.2, -0.15) is 0 Å². The van der Waals surface area contributed by atoms with E-state index < -0.39 is 0 Å². The Hall–Kier alpha value is -0.0400. The van der Waals surface area contributed by atoms with E-state index in [-0.39, 0.29) is 0 Å². The molecule has 0 N–H and O–H groups in total. The molecule has 1 saturated heterocycles. The molecule has 0 aromatic rings. The van der Waals surface area contributed by atoms with Crippen molar-refractivity contribution in [3.63, 3.8) is 0 Å². The summed E-state index contributed by atoms with van der Waals surface area (Å²) < 4.78 is 5.26. The zero-order chi connectivity index (χ0) is 15.6. The Labute approximate surface area is 127 Å². The Balaban J connectivity index is 0.000000200. The van der Waals surface area contributed by atoms with Crippen LogP contribution in [0.25, 0.3) is 0 Å². The van der Waals surface area contributed by atoms with E-state index in [1.165, 1.54) is 19.3 Å². The lowest BCUT2D eigenvalue weighted by Crippen LogP contribution is -2.50. The summed E-state index contributed by atoms with van der Waals surface area (Å²) >= 11 is 0. The molecule has 0 radical (unpaired) electrons. The molecule has 1 aliphatic carbocycles. The minimum absolute atomic E-state index is 0.500. The predicted molar refractivity (Wildman–Crippen MR) is 88.9 cm³/mol. The van der Waals surface area contributed by atoms with Gasteiger partial charge < -0.3 is 4.74 Å². The van der Waals surface area contributed by atoms with Crippen LogP contribution in [0.3, 0.4) is 0 Å². The Bertz CT molecular complexity index is 230. The zero-order valence-electron chi connectivity index (χ0n) is 15.3. The van der Waals surface area contributed by atoms with Crippen LogP contribution in [0, 0.1) is 34.5 Å². The van der Waals surface area contributed by atoms with Gasteiger partial charge in [-0.25, -0.2) is 0 Å². The lowest BCUT2D eigenvalue weighted by Gasteiger charge is -2.49. The van der Waals surface area contributed by atoms with Gasteiger partial charge in [0.25, 0.3) is 0 Å². The maximum atomic E-state index is 5.26. The molecule has 0 bridgehead atoms. The van der Waals surface area contributed by atoms with Gasteiger partial charge >= 0.3 is 0 Å². The Morgan fingerprint density at radius 1 is 0.600 bits per heavy atom. The third-order valence-electron chi connectivity index (χ3n) is 6.63. The second kappa shape index (κ2) is 6.81. The summed E-state index contributed by atoms with van der Waals surface area (Å²) in [5.74, 6) is 3.31. The number of hydrogen-bond acceptors (Lipinski definition) is 1. The largest absolute Gasteiger partial charge is 0.380 e. The van der Waals surface area contributed by atoms with Crippen LogP contribution in [0.5, 0.6) is 0 Å². The van der Waals surface area contributed by atoms with Gasteiger partial charge in [0.05, 0.1) is 13.2 Å². The fourth-order valence-corrected chi connectivity index (χ4v) is 4.08. The van der Waals surface area contributed by atoms with Crippen molar-refractivity contribution < 1.29 is 4.74 Å². The van der Waals surface area contributed by atoms with E-state index in [1.807, 2.05) is 0 Å². The second-order valence-electron chi connectivity index (χ2n) is 8.43. The molecule has 120 valence electrons. The fraction of sp³-hybridized carbons (Fsp3) is 1.00. The van der Waals surface area contributed by atoms with Crippen LogP contribution in [-0.4, -0.2) is 13.2 Å². The average molecular weight is 283 g/mol. The molecule has 0 unspecified atom stereocenters. The highest BCUT2D eigenvalue weighted by atomic mass is 16.5. The van der Waals surface area contributed by atoms with Crippen molar-refractivity contribution in [1.29, 1.82) is 0 Å². The molecule has 20 heavy (non-hydrogen) atoms. The van der Waals surface area contributed by atoms with Gasteiger partial charge in [-0.15, -0.1) is 0 Å². The summed E-state index contributed by atoms with van der Waals surface area (Å²) in [4.78, 5) is 0. The quantitative estimate of drug-likeness (QED) is 0.634. The first-order valence-electron chi connectivity index (χ1n) is 8.77. The highest BCUT2D eigenvalue weighted by Crippen LogP contribution is 2.52. The van der Waals surface area contributed by atoms with Gasteiger partial charge in [-0.05, 0) is 41.9 Å². The molecule has 0 aromatic carbocycles. The van der Waals surface area contributed by atoms with E-state index in [0.717, 1.165) is 42.3 Å². The van der Waals surface area contributed by atoms with Crippen molar-refractivity contribution in [3.8, 4) is 0 Å². The van der Waals surface area contributed by atoms with Crippen LogP contribution >= 0.6 is 0 Å². The molecule has 0 amide bonds. The molecular formula is C19H38O. The maximum absolute atomic E-state index is 5.26. The van der Waals surface area contributed by atoms with Crippen LogP contribution < -0.4 is 0 Å². The van der Waals surface area contributed by atoms with Gasteiger partial charge in [0.1, 0.15) is 0 Å². The molecule has 1 nitrogen and oxygen atoms in total. The Morgan fingerprint density at radius 3 is 0.950 bits per heavy atom. The van der Waals surface area contributed by atoms with Crippen molar-refractivity contribution in [3.05, 3.63) is 0 Å². The van der Waals surface area contributed by atoms with E-state index in [2.05, 4.69) is 55.4 Å². The first kappa shape index (κ1) is 18.0. The van der Waals surface area contributed by atoms with Crippen molar-refractivity contribution in [2.45, 2.75) is 74.7 Å². The van der Waals surface area contributed by atoms with Crippen LogP contribution in [0.2, 0.25) is 0 Å². The molecule has 0 atom stereocenters. The summed E-state index contributed by atoms with van der Waals surface area (Å²) in [6.45, 7) is 20.6. The zero-order valence-corrected chi connectivity index (χ0v) is 15.3. The lowest BCUT2D eigenvalue weighted by atomic mass is 9.56. The van der Waals surface area contributed by atoms with Gasteiger partial charge in [0.15, 0.2) is 0 Å². The van der Waals surface area contributed by atoms with Crippen molar-refractivity contribution in [2.75, 3.05) is 13.2 Å². The third kappa shape index (κ3) is 3.24. The van der Waals surface area contributed by atoms with Gasteiger partial charge in [0, 0.05) is 5.41 Å². The Morgan fingerprint density at radius 2 is 0.950 bits per heavy atom. The van der Waals surface area contributed by atoms with Crippen LogP contribution in [0.1, 0.15) is 74.7 Å². The SMILES string of the molecule is CC(C)C1(C(C)C)CCC1.CC(C)C1(C(C)C)COC1. The standard InChI is InChI=1S/C10H20.C9H18O/c1-8(2)10(9(3)4)6-5-7-10;1-7(2)9(8(3)4)5-10-6-9/h8-9H,5-7H2,1-4H3;7-8H,5-6H2,1-4H3. The molecular weight excluding hydrogens is 244 g/mol. The van der Waals surface area contributed by atoms with Gasteiger partial charge in [-0.1, -0.05) is 61.8 Å². The molecule has 1 heterocycles. The monoisotopic (exact) mass is 282 g/mol. The van der Waals surface area contributed by atoms with Gasteiger partial charge in [-0.3, -0.25) is 0 Å². The summed E-state index contributed by atoms with van der Waals surface area (Å²) in [5.41, 5.74) is 1.22. The van der Waals surface area contributed by atoms with Crippen LogP contribution in [-0.2, 0) is 4.74 Å². The summed E-state index contributed by atoms with van der Waals surface area (Å²) in [6, 6.07) is 0. The normalized spacial score (nSPS) is 23.4. The molecule has 2 aliphatic rings. The Kier molecular flexibility index (Phi) is 6.14. The molecule has 1 heteroatoms. The van der Waals surface area contributed by atoms with E-state index in [4.69, 9.17) is 4.74 Å². The van der Waals surface area contributed by atoms with E-state index in [1.54, 1.807) is 0 Å². The van der Waals surface area contributed by atoms with Crippen molar-refractivity contribution in [2.24, 2.45) is 34.5 Å². The van der Waals surface area contributed by atoms with Crippen molar-refractivity contribution >= 4 is 0 Å². The minimum atomic E-state index is 0.500. The predicted octanol–water partition coefficient (Wildman–Crippen LogP) is 5.78. The maximum Gasteiger partial charge on any atom is 0.0549 e. The average Bonchev–Trinajstić information content (AvgIpc) is 2.10. The molecule has 0 spiro atoms. The molecule has 2 rings (SSSR count). The first-order chi connectivity index (χ1) is 9.19. The van der Waals surface area contributed by atoms with Crippen LogP contribution in [0.4, 0.5) is 0 Å². The van der Waals surface area contributed by atoms with E-state index >= 15 is 0 Å². The number of rotatable bonds is 4. The summed E-state index contributed by atoms with van der Waals surface area (Å²) in [7, 11) is 0. The van der Waals surface area contributed by atoms with Gasteiger partial charge in [0.2, 0.25) is 0 Å². The highest BCUT2D eigenvalue weighted by molar-refractivity contribution is 4.92. The molecule has 2 fully saturated rings. The number of ether oxygens (including phenoxy) is 1. The van der Waals surface area contributed by atoms with Crippen LogP contribution in [0.15, 0.2) is 0 Å². The topological polar surface area (TPSA) is 9.23 Å².